The Kier molecular flexibility index (Phi) is 4.80. The lowest BCUT2D eigenvalue weighted by atomic mass is 10.2. The highest BCUT2D eigenvalue weighted by molar-refractivity contribution is 7.16. The molecule has 7 heteroatoms. The van der Waals surface area contributed by atoms with Crippen molar-refractivity contribution >= 4 is 39.6 Å². The van der Waals surface area contributed by atoms with Gasteiger partial charge in [0.05, 0.1) is 17.1 Å². The number of thiazole rings is 1. The van der Waals surface area contributed by atoms with Crippen molar-refractivity contribution < 1.29 is 9.59 Å². The van der Waals surface area contributed by atoms with Crippen molar-refractivity contribution in [2.75, 3.05) is 11.9 Å². The van der Waals surface area contributed by atoms with E-state index >= 15 is 0 Å². The number of rotatable bonds is 5. The van der Waals surface area contributed by atoms with Crippen molar-refractivity contribution in [2.45, 2.75) is 0 Å². The molecular weight excluding hydrogens is 330 g/mol. The van der Waals surface area contributed by atoms with Crippen molar-refractivity contribution in [3.8, 4) is 10.6 Å². The molecule has 0 unspecified atom stereocenters. The number of aromatic nitrogens is 1. The molecule has 2 amide bonds. The number of benzene rings is 1. The summed E-state index contributed by atoms with van der Waals surface area (Å²) in [7, 11) is 0. The van der Waals surface area contributed by atoms with Crippen molar-refractivity contribution in [3.63, 3.8) is 0 Å². The summed E-state index contributed by atoms with van der Waals surface area (Å²) < 4.78 is 0. The number of hydrogen-bond donors (Lipinski definition) is 2. The van der Waals surface area contributed by atoms with Crippen LogP contribution < -0.4 is 10.6 Å². The fourth-order valence-corrected chi connectivity index (χ4v) is 3.37. The molecule has 1 aromatic carbocycles. The largest absolute Gasteiger partial charge is 0.343 e. The monoisotopic (exact) mass is 343 g/mol. The average Bonchev–Trinajstić information content (AvgIpc) is 3.24. The van der Waals surface area contributed by atoms with Gasteiger partial charge in [-0.2, -0.15) is 0 Å². The van der Waals surface area contributed by atoms with E-state index in [0.29, 0.717) is 10.7 Å². The second kappa shape index (κ2) is 7.17. The highest BCUT2D eigenvalue weighted by Gasteiger charge is 2.10. The molecule has 2 aromatic heterocycles. The first-order valence-corrected chi connectivity index (χ1v) is 8.61. The van der Waals surface area contributed by atoms with Crippen LogP contribution in [-0.2, 0) is 4.79 Å². The molecule has 0 radical (unpaired) electrons. The third kappa shape index (κ3) is 4.02. The van der Waals surface area contributed by atoms with E-state index in [1.54, 1.807) is 35.6 Å². The molecule has 0 spiro atoms. The van der Waals surface area contributed by atoms with Gasteiger partial charge in [0.15, 0.2) is 5.13 Å². The van der Waals surface area contributed by atoms with Gasteiger partial charge >= 0.3 is 0 Å². The summed E-state index contributed by atoms with van der Waals surface area (Å²) in [6.45, 7) is -0.0956. The van der Waals surface area contributed by atoms with Crippen LogP contribution in [0.25, 0.3) is 10.6 Å². The van der Waals surface area contributed by atoms with Gasteiger partial charge in [-0.25, -0.2) is 4.98 Å². The summed E-state index contributed by atoms with van der Waals surface area (Å²) in [4.78, 5) is 29.2. The number of carbonyl (C=O) groups excluding carboxylic acids is 2. The van der Waals surface area contributed by atoms with Gasteiger partial charge in [0.1, 0.15) is 0 Å². The quantitative estimate of drug-likeness (QED) is 0.747. The molecule has 116 valence electrons. The standard InChI is InChI=1S/C16H13N3O2S2/c20-14(9-17-15(21)11-5-2-1-3-6-11)19-16-18-12(10-23-16)13-7-4-8-22-13/h1-8,10H,9H2,(H,17,21)(H,18,19,20). The van der Waals surface area contributed by atoms with E-state index in [1.165, 1.54) is 11.3 Å². The van der Waals surface area contributed by atoms with Gasteiger partial charge in [-0.1, -0.05) is 24.3 Å². The van der Waals surface area contributed by atoms with E-state index in [4.69, 9.17) is 0 Å². The Balaban J connectivity index is 1.53. The number of anilines is 1. The van der Waals surface area contributed by atoms with Gasteiger partial charge < -0.3 is 10.6 Å². The predicted molar refractivity (Wildman–Crippen MR) is 92.8 cm³/mol. The number of hydrogen-bond acceptors (Lipinski definition) is 5. The molecule has 0 saturated carbocycles. The number of nitrogens with zero attached hydrogens (tertiary/aromatic N) is 1. The smallest absolute Gasteiger partial charge is 0.251 e. The minimum Gasteiger partial charge on any atom is -0.343 e. The maximum absolute atomic E-state index is 11.9. The van der Waals surface area contributed by atoms with Crippen molar-refractivity contribution in [1.82, 2.24) is 10.3 Å². The molecule has 0 fully saturated rings. The van der Waals surface area contributed by atoms with E-state index in [1.807, 2.05) is 29.0 Å². The number of carbonyl (C=O) groups is 2. The van der Waals surface area contributed by atoms with Gasteiger partial charge in [-0.05, 0) is 23.6 Å². The van der Waals surface area contributed by atoms with E-state index in [2.05, 4.69) is 15.6 Å². The van der Waals surface area contributed by atoms with Crippen molar-refractivity contribution in [2.24, 2.45) is 0 Å². The molecule has 2 N–H and O–H groups in total. The molecule has 3 aromatic rings. The van der Waals surface area contributed by atoms with Crippen LogP contribution in [0.2, 0.25) is 0 Å². The maximum atomic E-state index is 11.9. The van der Waals surface area contributed by atoms with Gasteiger partial charge in [-0.3, -0.25) is 9.59 Å². The normalized spacial score (nSPS) is 10.3. The minimum atomic E-state index is -0.304. The average molecular weight is 343 g/mol. The first kappa shape index (κ1) is 15.4. The Morgan fingerprint density at radius 1 is 1.04 bits per heavy atom. The van der Waals surface area contributed by atoms with Crippen LogP contribution in [0.1, 0.15) is 10.4 Å². The lowest BCUT2D eigenvalue weighted by Gasteiger charge is -2.04. The maximum Gasteiger partial charge on any atom is 0.251 e. The zero-order valence-electron chi connectivity index (χ0n) is 12.0. The van der Waals surface area contributed by atoms with Crippen LogP contribution in [0.4, 0.5) is 5.13 Å². The third-order valence-electron chi connectivity index (χ3n) is 2.97. The fourth-order valence-electron chi connectivity index (χ4n) is 1.88. The topological polar surface area (TPSA) is 71.1 Å². The Hall–Kier alpha value is -2.51. The minimum absolute atomic E-state index is 0.0956. The molecule has 0 aliphatic heterocycles. The first-order chi connectivity index (χ1) is 11.2. The third-order valence-corrected chi connectivity index (χ3v) is 4.62. The van der Waals surface area contributed by atoms with Gasteiger partial charge in [0.25, 0.3) is 5.91 Å². The summed E-state index contributed by atoms with van der Waals surface area (Å²) in [5.41, 5.74) is 1.36. The zero-order chi connectivity index (χ0) is 16.1. The SMILES string of the molecule is O=C(CNC(=O)c1ccccc1)Nc1nc(-c2cccs2)cs1. The Bertz CT molecular complexity index is 798. The van der Waals surface area contributed by atoms with Crippen LogP contribution >= 0.6 is 22.7 Å². The van der Waals surface area contributed by atoms with Gasteiger partial charge in [0.2, 0.25) is 5.91 Å². The summed E-state index contributed by atoms with van der Waals surface area (Å²) in [6, 6.07) is 12.7. The molecule has 0 atom stereocenters. The van der Waals surface area contributed by atoms with Gasteiger partial charge in [0, 0.05) is 10.9 Å². The fraction of sp³-hybridized carbons (Fsp3) is 0.0625. The molecule has 23 heavy (non-hydrogen) atoms. The Morgan fingerprint density at radius 2 is 1.87 bits per heavy atom. The molecule has 5 nitrogen and oxygen atoms in total. The van der Waals surface area contributed by atoms with Crippen LogP contribution in [-0.4, -0.2) is 23.3 Å². The van der Waals surface area contributed by atoms with Crippen LogP contribution in [0.15, 0.2) is 53.2 Å². The zero-order valence-corrected chi connectivity index (χ0v) is 13.6. The molecule has 0 aliphatic rings. The second-order valence-corrected chi connectivity index (χ2v) is 6.42. The Labute approximate surface area is 141 Å². The number of amides is 2. The lowest BCUT2D eigenvalue weighted by Crippen LogP contribution is -2.32. The lowest BCUT2D eigenvalue weighted by molar-refractivity contribution is -0.115. The van der Waals surface area contributed by atoms with E-state index in [0.717, 1.165) is 10.6 Å². The highest BCUT2D eigenvalue weighted by atomic mass is 32.1. The highest BCUT2D eigenvalue weighted by Crippen LogP contribution is 2.28. The summed E-state index contributed by atoms with van der Waals surface area (Å²) >= 11 is 2.95. The number of nitrogens with one attached hydrogen (secondary N) is 2. The molecule has 0 bridgehead atoms. The van der Waals surface area contributed by atoms with E-state index in [-0.39, 0.29) is 18.4 Å². The molecule has 0 saturated heterocycles. The molecule has 2 heterocycles. The first-order valence-electron chi connectivity index (χ1n) is 6.85. The molecule has 3 rings (SSSR count). The van der Waals surface area contributed by atoms with Crippen LogP contribution in [0.5, 0.6) is 0 Å². The van der Waals surface area contributed by atoms with Crippen molar-refractivity contribution in [1.29, 1.82) is 0 Å². The van der Waals surface area contributed by atoms with Crippen LogP contribution in [0.3, 0.4) is 0 Å². The van der Waals surface area contributed by atoms with Crippen LogP contribution in [0, 0.1) is 0 Å². The molecule has 0 aliphatic carbocycles. The summed E-state index contributed by atoms with van der Waals surface area (Å²) in [5.74, 6) is -0.583. The van der Waals surface area contributed by atoms with E-state index < -0.39 is 0 Å². The van der Waals surface area contributed by atoms with E-state index in [9.17, 15) is 9.59 Å². The Morgan fingerprint density at radius 3 is 2.61 bits per heavy atom. The number of thiophene rings is 1. The van der Waals surface area contributed by atoms with Gasteiger partial charge in [-0.15, -0.1) is 22.7 Å². The molecular formula is C16H13N3O2S2. The summed E-state index contributed by atoms with van der Waals surface area (Å²) in [5, 5.41) is 9.66. The summed E-state index contributed by atoms with van der Waals surface area (Å²) in [6.07, 6.45) is 0. The predicted octanol–water partition coefficient (Wildman–Crippen LogP) is 3.24. The van der Waals surface area contributed by atoms with Crippen molar-refractivity contribution in [3.05, 3.63) is 58.8 Å². The second-order valence-electron chi connectivity index (χ2n) is 4.61.